The molecule has 3 nitrogen and oxygen atoms in total. The zero-order valence-corrected chi connectivity index (χ0v) is 11.9. The van der Waals surface area contributed by atoms with Gasteiger partial charge in [0.05, 0.1) is 19.3 Å². The number of ether oxygens (including phenoxy) is 1. The Balaban J connectivity index is 4.76. The van der Waals surface area contributed by atoms with Gasteiger partial charge in [0, 0.05) is 5.41 Å². The highest BCUT2D eigenvalue weighted by Gasteiger charge is 2.28. The maximum absolute atomic E-state index is 11.2. The van der Waals surface area contributed by atoms with Gasteiger partial charge in [-0.3, -0.25) is 4.79 Å². The zero-order chi connectivity index (χ0) is 11.4. The Morgan fingerprint density at radius 1 is 1.36 bits per heavy atom. The van der Waals surface area contributed by atoms with Crippen LogP contribution in [0.2, 0.25) is 0 Å². The number of allylic oxidation sites excluding steroid dienone is 2. The third kappa shape index (κ3) is 3.53. The standard InChI is InChI=1S/C10H20O3Si/c1-7(2)9(13-14)10(3,4)6-8(11)12-5/h6H2,1-5,14H3. The normalized spacial score (nSPS) is 10.9. The first-order valence-electron chi connectivity index (χ1n) is 4.64. The van der Waals surface area contributed by atoms with Gasteiger partial charge in [-0.05, 0) is 19.4 Å². The van der Waals surface area contributed by atoms with Crippen LogP contribution in [0.4, 0.5) is 0 Å². The average Bonchev–Trinajstić information content (AvgIpc) is 2.02. The largest absolute Gasteiger partial charge is 0.556 e. The molecular formula is C10H20O3Si. The van der Waals surface area contributed by atoms with E-state index in [1.807, 2.05) is 27.7 Å². The molecule has 0 fully saturated rings. The van der Waals surface area contributed by atoms with E-state index in [0.717, 1.165) is 11.3 Å². The predicted molar refractivity (Wildman–Crippen MR) is 59.8 cm³/mol. The van der Waals surface area contributed by atoms with Crippen molar-refractivity contribution in [2.75, 3.05) is 7.11 Å². The van der Waals surface area contributed by atoms with Gasteiger partial charge in [-0.1, -0.05) is 13.8 Å². The number of hydrogen-bond acceptors (Lipinski definition) is 3. The molecule has 4 heteroatoms. The maximum atomic E-state index is 11.2. The molecule has 0 spiro atoms. The van der Waals surface area contributed by atoms with Gasteiger partial charge >= 0.3 is 5.97 Å². The fraction of sp³-hybridized carbons (Fsp3) is 0.700. The van der Waals surface area contributed by atoms with E-state index in [0.29, 0.717) is 16.9 Å². The van der Waals surface area contributed by atoms with Crippen LogP contribution in [0.25, 0.3) is 0 Å². The lowest BCUT2D eigenvalue weighted by atomic mass is 9.85. The van der Waals surface area contributed by atoms with Crippen molar-refractivity contribution in [3.63, 3.8) is 0 Å². The molecule has 0 heterocycles. The first-order chi connectivity index (χ1) is 6.35. The summed E-state index contributed by atoms with van der Waals surface area (Å²) >= 11 is 0. The summed E-state index contributed by atoms with van der Waals surface area (Å²) in [5, 5.41) is 0. The molecule has 14 heavy (non-hydrogen) atoms. The topological polar surface area (TPSA) is 35.5 Å². The van der Waals surface area contributed by atoms with E-state index < -0.39 is 0 Å². The number of esters is 1. The van der Waals surface area contributed by atoms with Crippen LogP contribution in [0, 0.1) is 5.41 Å². The minimum atomic E-state index is -0.270. The lowest BCUT2D eigenvalue weighted by Gasteiger charge is -2.27. The molecule has 0 aromatic rings. The molecular weight excluding hydrogens is 196 g/mol. The Kier molecular flexibility index (Phi) is 4.91. The highest BCUT2D eigenvalue weighted by molar-refractivity contribution is 5.99. The highest BCUT2D eigenvalue weighted by atomic mass is 28.2. The van der Waals surface area contributed by atoms with Gasteiger partial charge in [0.2, 0.25) is 10.5 Å². The molecule has 0 amide bonds. The van der Waals surface area contributed by atoms with Gasteiger partial charge in [-0.15, -0.1) is 0 Å². The summed E-state index contributed by atoms with van der Waals surface area (Å²) in [4.78, 5) is 11.2. The number of carbonyl (C=O) groups is 1. The van der Waals surface area contributed by atoms with Crippen molar-refractivity contribution in [2.24, 2.45) is 5.41 Å². The molecule has 0 saturated carbocycles. The first kappa shape index (κ1) is 13.2. The van der Waals surface area contributed by atoms with E-state index in [1.165, 1.54) is 7.11 Å². The summed E-state index contributed by atoms with van der Waals surface area (Å²) in [6.07, 6.45) is 0.353. The fourth-order valence-corrected chi connectivity index (χ4v) is 2.63. The third-order valence-electron chi connectivity index (χ3n) is 2.09. The first-order valence-corrected chi connectivity index (χ1v) is 5.45. The molecule has 0 aliphatic carbocycles. The van der Waals surface area contributed by atoms with Crippen LogP contribution >= 0.6 is 0 Å². The van der Waals surface area contributed by atoms with Crippen LogP contribution in [-0.2, 0) is 14.0 Å². The van der Waals surface area contributed by atoms with E-state index in [9.17, 15) is 4.79 Å². The monoisotopic (exact) mass is 216 g/mol. The Morgan fingerprint density at radius 3 is 2.14 bits per heavy atom. The van der Waals surface area contributed by atoms with Crippen LogP contribution in [0.3, 0.4) is 0 Å². The van der Waals surface area contributed by atoms with Gasteiger partial charge in [0.15, 0.2) is 0 Å². The number of rotatable bonds is 4. The minimum absolute atomic E-state index is 0.201. The molecule has 0 N–H and O–H groups in total. The van der Waals surface area contributed by atoms with Crippen molar-refractivity contribution >= 4 is 16.5 Å². The van der Waals surface area contributed by atoms with Gasteiger partial charge in [0.1, 0.15) is 0 Å². The lowest BCUT2D eigenvalue weighted by Crippen LogP contribution is -2.22. The van der Waals surface area contributed by atoms with Crippen molar-refractivity contribution < 1.29 is 14.0 Å². The van der Waals surface area contributed by atoms with E-state index in [2.05, 4.69) is 4.74 Å². The van der Waals surface area contributed by atoms with Crippen LogP contribution < -0.4 is 0 Å². The van der Waals surface area contributed by atoms with Crippen molar-refractivity contribution in [1.29, 1.82) is 0 Å². The van der Waals surface area contributed by atoms with Crippen molar-refractivity contribution in [2.45, 2.75) is 34.1 Å². The van der Waals surface area contributed by atoms with Crippen LogP contribution in [0.1, 0.15) is 34.1 Å². The zero-order valence-electron chi connectivity index (χ0n) is 9.93. The minimum Gasteiger partial charge on any atom is -0.556 e. The van der Waals surface area contributed by atoms with Gasteiger partial charge < -0.3 is 9.16 Å². The van der Waals surface area contributed by atoms with Crippen molar-refractivity contribution in [3.05, 3.63) is 11.3 Å². The van der Waals surface area contributed by atoms with Gasteiger partial charge in [0.25, 0.3) is 0 Å². The number of hydrogen-bond donors (Lipinski definition) is 0. The molecule has 0 atom stereocenters. The van der Waals surface area contributed by atoms with Crippen molar-refractivity contribution in [3.8, 4) is 0 Å². The second-order valence-electron chi connectivity index (χ2n) is 4.17. The predicted octanol–water partition coefficient (Wildman–Crippen LogP) is 1.17. The highest BCUT2D eigenvalue weighted by Crippen LogP contribution is 2.32. The summed E-state index contributed by atoms with van der Waals surface area (Å²) in [5.41, 5.74) is 0.849. The molecule has 0 radical (unpaired) electrons. The quantitative estimate of drug-likeness (QED) is 0.402. The summed E-state index contributed by atoms with van der Waals surface area (Å²) in [6.45, 7) is 7.97. The second-order valence-corrected chi connectivity index (χ2v) is 4.58. The summed E-state index contributed by atoms with van der Waals surface area (Å²) in [6, 6.07) is 0. The maximum Gasteiger partial charge on any atom is 0.306 e. The molecule has 0 aromatic heterocycles. The lowest BCUT2D eigenvalue weighted by molar-refractivity contribution is -0.142. The Bertz CT molecular complexity index is 240. The van der Waals surface area contributed by atoms with E-state index in [1.54, 1.807) is 0 Å². The summed E-state index contributed by atoms with van der Waals surface area (Å²) in [5.74, 6) is 0.710. The molecule has 0 aliphatic heterocycles. The third-order valence-corrected chi connectivity index (χ3v) is 2.50. The smallest absolute Gasteiger partial charge is 0.306 e. The van der Waals surface area contributed by atoms with Crippen LogP contribution in [0.15, 0.2) is 11.3 Å². The molecule has 0 unspecified atom stereocenters. The molecule has 82 valence electrons. The van der Waals surface area contributed by atoms with Crippen molar-refractivity contribution in [1.82, 2.24) is 0 Å². The van der Waals surface area contributed by atoms with E-state index in [4.69, 9.17) is 4.43 Å². The Hall–Kier alpha value is -0.773. The van der Waals surface area contributed by atoms with E-state index >= 15 is 0 Å². The van der Waals surface area contributed by atoms with Crippen LogP contribution in [-0.4, -0.2) is 23.6 Å². The Labute approximate surface area is 89.0 Å². The van der Waals surface area contributed by atoms with Gasteiger partial charge in [-0.25, -0.2) is 0 Å². The molecule has 0 bridgehead atoms. The Morgan fingerprint density at radius 2 is 1.86 bits per heavy atom. The summed E-state index contributed by atoms with van der Waals surface area (Å²) in [7, 11) is 2.05. The van der Waals surface area contributed by atoms with E-state index in [-0.39, 0.29) is 11.4 Å². The molecule has 0 saturated heterocycles. The fourth-order valence-electron chi connectivity index (χ4n) is 1.67. The van der Waals surface area contributed by atoms with Gasteiger partial charge in [-0.2, -0.15) is 0 Å². The average molecular weight is 216 g/mol. The molecule has 0 aromatic carbocycles. The number of carbonyl (C=O) groups excluding carboxylic acids is 1. The molecule has 0 aliphatic rings. The SMILES string of the molecule is COC(=O)CC(C)(C)C(O[SiH3])=C(C)C. The van der Waals surface area contributed by atoms with Crippen LogP contribution in [0.5, 0.6) is 0 Å². The molecule has 0 rings (SSSR count). The second kappa shape index (κ2) is 5.19. The summed E-state index contributed by atoms with van der Waals surface area (Å²) < 4.78 is 10.1. The number of methoxy groups -OCH3 is 1.